The van der Waals surface area contributed by atoms with Gasteiger partial charge in [0.2, 0.25) is 0 Å². The molecule has 3 N–H and O–H groups in total. The number of halogens is 2. The summed E-state index contributed by atoms with van der Waals surface area (Å²) in [5.74, 6) is 4.36. The molecule has 2 rings (SSSR count). The molecule has 1 aromatic heterocycles. The van der Waals surface area contributed by atoms with Crippen LogP contribution in [-0.2, 0) is 6.42 Å². The third kappa shape index (κ3) is 2.94. The van der Waals surface area contributed by atoms with E-state index in [-0.39, 0.29) is 18.0 Å². The maximum atomic E-state index is 13.6. The van der Waals surface area contributed by atoms with Crippen LogP contribution in [0.3, 0.4) is 0 Å². The van der Waals surface area contributed by atoms with Crippen LogP contribution in [0.5, 0.6) is 0 Å². The average molecular weight is 263 g/mol. The van der Waals surface area contributed by atoms with E-state index in [1.807, 2.05) is 13.0 Å². The van der Waals surface area contributed by atoms with E-state index in [0.29, 0.717) is 0 Å². The first-order valence-electron chi connectivity index (χ1n) is 5.93. The highest BCUT2D eigenvalue weighted by Crippen LogP contribution is 2.23. The molecule has 19 heavy (non-hydrogen) atoms. The minimum Gasteiger partial charge on any atom is -0.271 e. The van der Waals surface area contributed by atoms with E-state index in [1.165, 1.54) is 18.2 Å². The molecule has 0 aliphatic rings. The van der Waals surface area contributed by atoms with Crippen molar-refractivity contribution in [3.63, 3.8) is 0 Å². The molecule has 1 heterocycles. The number of rotatable bonds is 4. The number of benzene rings is 1. The first-order valence-corrected chi connectivity index (χ1v) is 5.93. The molecule has 1 atom stereocenters. The Morgan fingerprint density at radius 3 is 2.53 bits per heavy atom. The van der Waals surface area contributed by atoms with Gasteiger partial charge >= 0.3 is 0 Å². The lowest BCUT2D eigenvalue weighted by molar-refractivity contribution is 0.498. The summed E-state index contributed by atoms with van der Waals surface area (Å²) in [7, 11) is 0. The molecule has 0 saturated heterocycles. The Kier molecular flexibility index (Phi) is 4.19. The first-order chi connectivity index (χ1) is 9.13. The lowest BCUT2D eigenvalue weighted by Gasteiger charge is -2.18. The second-order valence-corrected chi connectivity index (χ2v) is 4.36. The fourth-order valence-corrected chi connectivity index (χ4v) is 2.03. The molecule has 0 spiro atoms. The molecule has 3 nitrogen and oxygen atoms in total. The topological polar surface area (TPSA) is 50.9 Å². The van der Waals surface area contributed by atoms with Gasteiger partial charge < -0.3 is 0 Å². The molecular weight excluding hydrogens is 248 g/mol. The summed E-state index contributed by atoms with van der Waals surface area (Å²) in [4.78, 5) is 4.02. The Morgan fingerprint density at radius 1 is 1.26 bits per heavy atom. The summed E-state index contributed by atoms with van der Waals surface area (Å²) in [6, 6.07) is 5.26. The van der Waals surface area contributed by atoms with Crippen LogP contribution in [0, 0.1) is 18.6 Å². The van der Waals surface area contributed by atoms with Crippen LogP contribution in [0.1, 0.15) is 22.7 Å². The number of nitrogens with zero attached hydrogens (tertiary/aromatic N) is 1. The molecule has 0 fully saturated rings. The van der Waals surface area contributed by atoms with E-state index in [0.717, 1.165) is 11.1 Å². The fourth-order valence-electron chi connectivity index (χ4n) is 2.03. The van der Waals surface area contributed by atoms with E-state index < -0.39 is 11.6 Å². The van der Waals surface area contributed by atoms with Crippen molar-refractivity contribution in [1.29, 1.82) is 0 Å². The summed E-state index contributed by atoms with van der Waals surface area (Å²) >= 11 is 0. The van der Waals surface area contributed by atoms with Crippen molar-refractivity contribution in [2.24, 2.45) is 5.84 Å². The Hall–Kier alpha value is -1.85. The number of hydrogen-bond acceptors (Lipinski definition) is 3. The van der Waals surface area contributed by atoms with Crippen molar-refractivity contribution in [1.82, 2.24) is 10.4 Å². The highest BCUT2D eigenvalue weighted by Gasteiger charge is 2.17. The summed E-state index contributed by atoms with van der Waals surface area (Å²) < 4.78 is 27.3. The lowest BCUT2D eigenvalue weighted by atomic mass is 9.97. The standard InChI is InChI=1S/C14H15F2N3/c1-9-5-6-18-8-11(9)14(19-17)7-10-12(15)3-2-4-13(10)16/h2-6,8,14,19H,7,17H2,1H3. The summed E-state index contributed by atoms with van der Waals surface area (Å²) in [5.41, 5.74) is 4.40. The van der Waals surface area contributed by atoms with Gasteiger partial charge in [-0.2, -0.15) is 0 Å². The predicted molar refractivity (Wildman–Crippen MR) is 69.1 cm³/mol. The minimum absolute atomic E-state index is 0.0219. The second-order valence-electron chi connectivity index (χ2n) is 4.36. The highest BCUT2D eigenvalue weighted by atomic mass is 19.1. The second kappa shape index (κ2) is 5.86. The molecule has 0 saturated carbocycles. The predicted octanol–water partition coefficient (Wildman–Crippen LogP) is 2.42. The number of nitrogens with two attached hydrogens (primary N) is 1. The van der Waals surface area contributed by atoms with Gasteiger partial charge in [-0.05, 0) is 42.7 Å². The van der Waals surface area contributed by atoms with Crippen molar-refractivity contribution < 1.29 is 8.78 Å². The van der Waals surface area contributed by atoms with Gasteiger partial charge in [0.05, 0.1) is 6.04 Å². The van der Waals surface area contributed by atoms with Gasteiger partial charge in [-0.1, -0.05) is 6.07 Å². The highest BCUT2D eigenvalue weighted by molar-refractivity contribution is 5.28. The van der Waals surface area contributed by atoms with Crippen molar-refractivity contribution in [2.45, 2.75) is 19.4 Å². The van der Waals surface area contributed by atoms with Crippen LogP contribution < -0.4 is 11.3 Å². The van der Waals surface area contributed by atoms with Gasteiger partial charge in [0.25, 0.3) is 0 Å². The molecular formula is C14H15F2N3. The number of hydrogen-bond donors (Lipinski definition) is 2. The number of nitrogens with one attached hydrogen (secondary N) is 1. The van der Waals surface area contributed by atoms with Gasteiger partial charge in [-0.25, -0.2) is 8.78 Å². The summed E-state index contributed by atoms with van der Waals surface area (Å²) in [5, 5.41) is 0. The average Bonchev–Trinajstić information content (AvgIpc) is 2.40. The number of hydrazine groups is 1. The molecule has 0 aliphatic heterocycles. The fraction of sp³-hybridized carbons (Fsp3) is 0.214. The van der Waals surface area contributed by atoms with Gasteiger partial charge in [0.1, 0.15) is 11.6 Å². The van der Waals surface area contributed by atoms with E-state index in [4.69, 9.17) is 5.84 Å². The zero-order valence-electron chi connectivity index (χ0n) is 10.5. The number of aryl methyl sites for hydroxylation is 1. The Morgan fingerprint density at radius 2 is 1.95 bits per heavy atom. The van der Waals surface area contributed by atoms with Gasteiger partial charge in [0, 0.05) is 18.0 Å². The van der Waals surface area contributed by atoms with Crippen molar-refractivity contribution in [3.8, 4) is 0 Å². The smallest absolute Gasteiger partial charge is 0.129 e. The lowest BCUT2D eigenvalue weighted by Crippen LogP contribution is -2.30. The number of aromatic nitrogens is 1. The maximum Gasteiger partial charge on any atom is 0.129 e. The van der Waals surface area contributed by atoms with Gasteiger partial charge in [-0.15, -0.1) is 0 Å². The van der Waals surface area contributed by atoms with Gasteiger partial charge in [-0.3, -0.25) is 16.3 Å². The van der Waals surface area contributed by atoms with Gasteiger partial charge in [0.15, 0.2) is 0 Å². The van der Waals surface area contributed by atoms with Crippen LogP contribution in [0.4, 0.5) is 8.78 Å². The maximum absolute atomic E-state index is 13.6. The van der Waals surface area contributed by atoms with E-state index in [9.17, 15) is 8.78 Å². The minimum atomic E-state index is -0.568. The molecule has 1 unspecified atom stereocenters. The van der Waals surface area contributed by atoms with E-state index in [1.54, 1.807) is 12.4 Å². The van der Waals surface area contributed by atoms with Crippen molar-refractivity contribution in [2.75, 3.05) is 0 Å². The zero-order valence-corrected chi connectivity index (χ0v) is 10.5. The SMILES string of the molecule is Cc1ccncc1C(Cc1c(F)cccc1F)NN. The number of pyridine rings is 1. The van der Waals surface area contributed by atoms with Crippen molar-refractivity contribution >= 4 is 0 Å². The summed E-state index contributed by atoms with van der Waals surface area (Å²) in [6.45, 7) is 1.90. The van der Waals surface area contributed by atoms with Crippen molar-refractivity contribution in [3.05, 3.63) is 65.0 Å². The van der Waals surface area contributed by atoms with Crippen LogP contribution in [0.2, 0.25) is 0 Å². The molecule has 0 aliphatic carbocycles. The molecule has 0 radical (unpaired) electrons. The zero-order chi connectivity index (χ0) is 13.8. The third-order valence-electron chi connectivity index (χ3n) is 3.13. The van der Waals surface area contributed by atoms with Crippen LogP contribution in [-0.4, -0.2) is 4.98 Å². The first kappa shape index (κ1) is 13.6. The monoisotopic (exact) mass is 263 g/mol. The molecule has 100 valence electrons. The quantitative estimate of drug-likeness (QED) is 0.658. The molecule has 0 bridgehead atoms. The summed E-state index contributed by atoms with van der Waals surface area (Å²) in [6.07, 6.45) is 3.44. The normalized spacial score (nSPS) is 12.4. The van der Waals surface area contributed by atoms with E-state index in [2.05, 4.69) is 10.4 Å². The molecule has 2 aromatic rings. The Labute approximate surface area is 110 Å². The Balaban J connectivity index is 2.32. The van der Waals surface area contributed by atoms with Crippen LogP contribution >= 0.6 is 0 Å². The van der Waals surface area contributed by atoms with Crippen LogP contribution in [0.15, 0.2) is 36.7 Å². The van der Waals surface area contributed by atoms with E-state index >= 15 is 0 Å². The largest absolute Gasteiger partial charge is 0.271 e. The molecule has 0 amide bonds. The molecule has 1 aromatic carbocycles. The van der Waals surface area contributed by atoms with Crippen LogP contribution in [0.25, 0.3) is 0 Å². The Bertz CT molecular complexity index is 552. The molecule has 5 heteroatoms. The third-order valence-corrected chi connectivity index (χ3v) is 3.13.